The number of benzene rings is 2. The van der Waals surface area contributed by atoms with Crippen molar-refractivity contribution in [1.29, 1.82) is 0 Å². The summed E-state index contributed by atoms with van der Waals surface area (Å²) in [7, 11) is 0. The predicted octanol–water partition coefficient (Wildman–Crippen LogP) is 7.74. The summed E-state index contributed by atoms with van der Waals surface area (Å²) in [5.41, 5.74) is 0.532. The van der Waals surface area contributed by atoms with Gasteiger partial charge in [-0.15, -0.1) is 0 Å². The van der Waals surface area contributed by atoms with Gasteiger partial charge in [0.1, 0.15) is 18.5 Å². The Morgan fingerprint density at radius 1 is 0.875 bits per heavy atom. The lowest BCUT2D eigenvalue weighted by atomic mass is 10.1. The number of hydrogen-bond acceptors (Lipinski definition) is 6. The Hall–Kier alpha value is -2.96. The fourth-order valence-electron chi connectivity index (χ4n) is 4.26. The summed E-state index contributed by atoms with van der Waals surface area (Å²) in [6, 6.07) is 17.9. The molecule has 6 heteroatoms. The van der Waals surface area contributed by atoms with Crippen molar-refractivity contribution in [2.45, 2.75) is 97.1 Å². The molecule has 0 radical (unpaired) electrons. The molecule has 0 bridgehead atoms. The fraction of sp³-hybridized carbons (Fsp3) is 0.529. The third-order valence-electron chi connectivity index (χ3n) is 6.57. The van der Waals surface area contributed by atoms with E-state index in [2.05, 4.69) is 43.2 Å². The van der Waals surface area contributed by atoms with Crippen LogP contribution < -0.4 is 10.1 Å². The highest BCUT2D eigenvalue weighted by Crippen LogP contribution is 2.25. The molecule has 6 nitrogen and oxygen atoms in total. The number of aliphatic hydroxyl groups excluding tert-OH is 1. The maximum Gasteiger partial charge on any atom is 0.339 e. The maximum atomic E-state index is 11.6. The molecule has 0 aliphatic rings. The Morgan fingerprint density at radius 2 is 1.55 bits per heavy atom. The first kappa shape index (κ1) is 33.2. The molecule has 3 rings (SSSR count). The van der Waals surface area contributed by atoms with Gasteiger partial charge >= 0.3 is 5.97 Å². The molecule has 1 unspecified atom stereocenters. The average Bonchev–Trinajstić information content (AvgIpc) is 2.98. The third-order valence-corrected chi connectivity index (χ3v) is 6.57. The van der Waals surface area contributed by atoms with Crippen molar-refractivity contribution in [1.82, 2.24) is 10.3 Å². The van der Waals surface area contributed by atoms with Gasteiger partial charge in [0.2, 0.25) is 0 Å². The van der Waals surface area contributed by atoms with Crippen LogP contribution in [0.4, 0.5) is 0 Å². The maximum absolute atomic E-state index is 11.6. The van der Waals surface area contributed by atoms with Crippen LogP contribution in [-0.2, 0) is 4.74 Å². The molecule has 1 aromatic heterocycles. The molecular formula is C34H50N2O4. The average molecular weight is 551 g/mol. The number of nitrogens with one attached hydrogen (secondary N) is 1. The second kappa shape index (κ2) is 20.9. The van der Waals surface area contributed by atoms with E-state index in [0.29, 0.717) is 31.4 Å². The highest BCUT2D eigenvalue weighted by Gasteiger charge is 2.08. The van der Waals surface area contributed by atoms with E-state index in [9.17, 15) is 9.90 Å². The topological polar surface area (TPSA) is 80.7 Å². The van der Waals surface area contributed by atoms with Crippen molar-refractivity contribution in [2.24, 2.45) is 0 Å². The van der Waals surface area contributed by atoms with Crippen LogP contribution in [0.1, 0.15) is 95.3 Å². The Labute approximate surface area is 241 Å². The van der Waals surface area contributed by atoms with Crippen LogP contribution >= 0.6 is 0 Å². The van der Waals surface area contributed by atoms with Crippen LogP contribution in [-0.4, -0.2) is 48.0 Å². The van der Waals surface area contributed by atoms with E-state index in [1.54, 1.807) is 24.5 Å². The first-order valence-corrected chi connectivity index (χ1v) is 15.1. The fourth-order valence-corrected chi connectivity index (χ4v) is 4.26. The molecule has 1 atom stereocenters. The van der Waals surface area contributed by atoms with Crippen LogP contribution in [0, 0.1) is 0 Å². The summed E-state index contributed by atoms with van der Waals surface area (Å²) in [5.74, 6) is 0.556. The number of ether oxygens (including phenoxy) is 2. The number of aromatic nitrogens is 1. The van der Waals surface area contributed by atoms with Gasteiger partial charge in [0, 0.05) is 30.4 Å². The van der Waals surface area contributed by atoms with Gasteiger partial charge in [-0.2, -0.15) is 0 Å². The third kappa shape index (κ3) is 14.4. The summed E-state index contributed by atoms with van der Waals surface area (Å²) in [5, 5.41) is 15.3. The number of esters is 1. The normalized spacial score (nSPS) is 11.6. The number of carbonyl (C=O) groups excluding carboxylic acids is 1. The molecule has 0 spiro atoms. The van der Waals surface area contributed by atoms with Crippen molar-refractivity contribution in [3.05, 3.63) is 72.6 Å². The molecule has 2 aromatic carbocycles. The van der Waals surface area contributed by atoms with Crippen molar-refractivity contribution in [2.75, 3.05) is 19.8 Å². The van der Waals surface area contributed by atoms with E-state index >= 15 is 0 Å². The highest BCUT2D eigenvalue weighted by atomic mass is 16.5. The van der Waals surface area contributed by atoms with E-state index in [-0.39, 0.29) is 5.97 Å². The monoisotopic (exact) mass is 550 g/mol. The minimum absolute atomic E-state index is 0.265. The zero-order valence-electron chi connectivity index (χ0n) is 24.8. The van der Waals surface area contributed by atoms with Gasteiger partial charge in [0.25, 0.3) is 0 Å². The molecule has 3 aromatic rings. The smallest absolute Gasteiger partial charge is 0.339 e. The molecule has 0 aliphatic heterocycles. The van der Waals surface area contributed by atoms with Gasteiger partial charge in [-0.05, 0) is 30.0 Å². The SMILES string of the molecule is CC(C)NCC(O)COc1cccc2ccccc12.CCCCCCCCCCCCOC(=O)c1cccnc1. The molecule has 0 aliphatic carbocycles. The molecular weight excluding hydrogens is 500 g/mol. The molecule has 0 amide bonds. The molecule has 2 N–H and O–H groups in total. The number of unbranched alkanes of at least 4 members (excludes halogenated alkanes) is 9. The van der Waals surface area contributed by atoms with E-state index in [1.807, 2.05) is 30.3 Å². The van der Waals surface area contributed by atoms with Crippen molar-refractivity contribution in [3.63, 3.8) is 0 Å². The molecule has 1 heterocycles. The van der Waals surface area contributed by atoms with Crippen molar-refractivity contribution < 1.29 is 19.4 Å². The number of hydrogen-bond donors (Lipinski definition) is 2. The molecule has 40 heavy (non-hydrogen) atoms. The van der Waals surface area contributed by atoms with Gasteiger partial charge in [-0.25, -0.2) is 4.79 Å². The lowest BCUT2D eigenvalue weighted by Gasteiger charge is -2.15. The van der Waals surface area contributed by atoms with E-state index in [1.165, 1.54) is 51.4 Å². The molecule has 0 saturated carbocycles. The Kier molecular flexibility index (Phi) is 17.4. The van der Waals surface area contributed by atoms with Crippen LogP contribution in [0.15, 0.2) is 67.0 Å². The molecule has 220 valence electrons. The van der Waals surface area contributed by atoms with Crippen molar-refractivity contribution in [3.8, 4) is 5.75 Å². The van der Waals surface area contributed by atoms with Gasteiger partial charge in [0.15, 0.2) is 0 Å². The number of fused-ring (bicyclic) bond motifs is 1. The van der Waals surface area contributed by atoms with Gasteiger partial charge in [-0.3, -0.25) is 4.98 Å². The Bertz CT molecular complexity index is 1050. The second-order valence-corrected chi connectivity index (χ2v) is 10.6. The Morgan fingerprint density at radius 3 is 2.23 bits per heavy atom. The predicted molar refractivity (Wildman–Crippen MR) is 165 cm³/mol. The minimum Gasteiger partial charge on any atom is -0.490 e. The standard InChI is InChI=1S/C18H29NO2.C16H21NO2/c1-2-3-4-5-6-7-8-9-10-11-15-21-18(20)17-13-12-14-19-16-17;1-12(2)17-10-14(18)11-19-16-9-5-7-13-6-3-4-8-15(13)16/h12-14,16H,2-11,15H2,1H3;3-9,12,14,17-18H,10-11H2,1-2H3. The Balaban J connectivity index is 0.000000281. The minimum atomic E-state index is -0.499. The van der Waals surface area contributed by atoms with Crippen LogP contribution in [0.3, 0.4) is 0 Å². The largest absolute Gasteiger partial charge is 0.490 e. The number of nitrogens with zero attached hydrogens (tertiary/aromatic N) is 1. The number of pyridine rings is 1. The van der Waals surface area contributed by atoms with Crippen LogP contribution in [0.25, 0.3) is 10.8 Å². The lowest BCUT2D eigenvalue weighted by Crippen LogP contribution is -2.35. The van der Waals surface area contributed by atoms with E-state index in [4.69, 9.17) is 9.47 Å². The van der Waals surface area contributed by atoms with Crippen molar-refractivity contribution >= 4 is 16.7 Å². The zero-order valence-corrected chi connectivity index (χ0v) is 24.8. The van der Waals surface area contributed by atoms with Gasteiger partial charge in [0.05, 0.1) is 12.2 Å². The summed E-state index contributed by atoms with van der Waals surface area (Å²) in [6.45, 7) is 7.72. The first-order valence-electron chi connectivity index (χ1n) is 15.1. The van der Waals surface area contributed by atoms with Crippen LogP contribution in [0.2, 0.25) is 0 Å². The lowest BCUT2D eigenvalue weighted by molar-refractivity contribution is 0.0497. The quantitative estimate of drug-likeness (QED) is 0.125. The second-order valence-electron chi connectivity index (χ2n) is 10.6. The summed E-state index contributed by atoms with van der Waals surface area (Å²) in [4.78, 5) is 15.6. The van der Waals surface area contributed by atoms with E-state index < -0.39 is 6.10 Å². The summed E-state index contributed by atoms with van der Waals surface area (Å²) < 4.78 is 10.9. The molecule has 0 fully saturated rings. The number of carbonyl (C=O) groups is 1. The highest BCUT2D eigenvalue weighted by molar-refractivity contribution is 5.89. The summed E-state index contributed by atoms with van der Waals surface area (Å²) >= 11 is 0. The first-order chi connectivity index (χ1) is 19.5. The zero-order chi connectivity index (χ0) is 28.8. The van der Waals surface area contributed by atoms with Gasteiger partial charge < -0.3 is 19.9 Å². The summed E-state index contributed by atoms with van der Waals surface area (Å²) in [6.07, 6.45) is 15.5. The van der Waals surface area contributed by atoms with Crippen LogP contribution in [0.5, 0.6) is 5.75 Å². The molecule has 0 saturated heterocycles. The number of rotatable bonds is 18. The van der Waals surface area contributed by atoms with E-state index in [0.717, 1.165) is 29.4 Å². The van der Waals surface area contributed by atoms with Gasteiger partial charge in [-0.1, -0.05) is 115 Å². The number of aliphatic hydroxyl groups is 1.